The van der Waals surface area contributed by atoms with Gasteiger partial charge in [-0.2, -0.15) is 10.1 Å². The van der Waals surface area contributed by atoms with Crippen molar-refractivity contribution < 1.29 is 9.32 Å². The average molecular weight is 435 g/mol. The van der Waals surface area contributed by atoms with Gasteiger partial charge in [-0.3, -0.25) is 14.4 Å². The van der Waals surface area contributed by atoms with E-state index in [1.165, 1.54) is 5.56 Å². The van der Waals surface area contributed by atoms with E-state index in [2.05, 4.69) is 49.7 Å². The van der Waals surface area contributed by atoms with Crippen LogP contribution in [0.2, 0.25) is 0 Å². The zero-order valence-corrected chi connectivity index (χ0v) is 18.9. The van der Waals surface area contributed by atoms with Gasteiger partial charge in [0.05, 0.1) is 16.7 Å². The smallest absolute Gasteiger partial charge is 0.254 e. The first-order valence-corrected chi connectivity index (χ1v) is 11.4. The predicted molar refractivity (Wildman–Crippen MR) is 119 cm³/mol. The first-order chi connectivity index (χ1) is 15.5. The van der Waals surface area contributed by atoms with Gasteiger partial charge < -0.3 is 9.84 Å². The number of hydrogen-bond donors (Lipinski definition) is 1. The molecule has 3 heterocycles. The highest BCUT2D eigenvalue weighted by atomic mass is 16.5. The Bertz CT molecular complexity index is 1110. The Kier molecular flexibility index (Phi) is 5.33. The first-order valence-electron chi connectivity index (χ1n) is 11.4. The number of likely N-dealkylation sites (tertiary alicyclic amines) is 1. The molecule has 0 bridgehead atoms. The van der Waals surface area contributed by atoms with Crippen molar-refractivity contribution >= 4 is 5.91 Å². The molecule has 3 unspecified atom stereocenters. The third kappa shape index (κ3) is 3.72. The maximum atomic E-state index is 13.0. The molecular weight excluding hydrogens is 404 g/mol. The van der Waals surface area contributed by atoms with Gasteiger partial charge in [-0.25, -0.2) is 0 Å². The van der Waals surface area contributed by atoms with E-state index in [1.807, 2.05) is 33.0 Å². The number of carbonyl (C=O) groups excluding carboxylic acids is 1. The number of carbonyl (C=O) groups is 1. The van der Waals surface area contributed by atoms with Crippen LogP contribution in [0.15, 0.2) is 41.1 Å². The van der Waals surface area contributed by atoms with Crippen LogP contribution in [0.1, 0.15) is 53.1 Å². The van der Waals surface area contributed by atoms with E-state index in [0.29, 0.717) is 23.2 Å². The summed E-state index contributed by atoms with van der Waals surface area (Å²) in [4.78, 5) is 20.1. The van der Waals surface area contributed by atoms with Crippen molar-refractivity contribution in [1.29, 1.82) is 0 Å². The lowest BCUT2D eigenvalue weighted by atomic mass is 9.80. The van der Waals surface area contributed by atoms with Gasteiger partial charge in [0.25, 0.3) is 5.91 Å². The number of amides is 1. The van der Waals surface area contributed by atoms with Crippen LogP contribution in [0.25, 0.3) is 0 Å². The largest absolute Gasteiger partial charge is 0.349 e. The molecular formula is C24H30N6O2. The number of aromatic nitrogens is 4. The maximum absolute atomic E-state index is 13.0. The first kappa shape index (κ1) is 20.9. The van der Waals surface area contributed by atoms with E-state index in [0.717, 1.165) is 44.7 Å². The Balaban J connectivity index is 1.35. The van der Waals surface area contributed by atoms with Crippen molar-refractivity contribution in [2.45, 2.75) is 58.2 Å². The molecule has 3 aromatic rings. The predicted octanol–water partition coefficient (Wildman–Crippen LogP) is 2.87. The Morgan fingerprint density at radius 3 is 2.78 bits per heavy atom. The highest BCUT2D eigenvalue weighted by molar-refractivity contribution is 5.95. The number of benzene rings is 1. The molecule has 8 nitrogen and oxygen atoms in total. The summed E-state index contributed by atoms with van der Waals surface area (Å²) in [6.07, 6.45) is 3.54. The van der Waals surface area contributed by atoms with Crippen molar-refractivity contribution in [2.24, 2.45) is 5.92 Å². The second kappa shape index (κ2) is 8.16. The summed E-state index contributed by atoms with van der Waals surface area (Å²) >= 11 is 0. The summed E-state index contributed by atoms with van der Waals surface area (Å²) in [5.41, 5.74) is 2.49. The number of nitrogens with zero attached hydrogens (tertiary/aromatic N) is 5. The molecule has 1 aliphatic heterocycles. The Morgan fingerprint density at radius 2 is 2.09 bits per heavy atom. The molecule has 32 heavy (non-hydrogen) atoms. The van der Waals surface area contributed by atoms with Gasteiger partial charge in [-0.05, 0) is 45.1 Å². The number of nitrogens with one attached hydrogen (secondary N) is 1. The van der Waals surface area contributed by atoms with E-state index in [9.17, 15) is 4.79 Å². The van der Waals surface area contributed by atoms with Gasteiger partial charge in [0.2, 0.25) is 5.89 Å². The third-order valence-electron chi connectivity index (χ3n) is 7.00. The molecule has 3 atom stereocenters. The van der Waals surface area contributed by atoms with Crippen LogP contribution in [-0.2, 0) is 18.5 Å². The second-order valence-electron chi connectivity index (χ2n) is 9.25. The molecule has 1 aromatic carbocycles. The minimum atomic E-state index is -0.226. The number of rotatable bonds is 6. The van der Waals surface area contributed by atoms with Gasteiger partial charge in [-0.15, -0.1) is 0 Å². The summed E-state index contributed by atoms with van der Waals surface area (Å²) in [5.74, 6) is 1.67. The molecule has 0 spiro atoms. The molecule has 1 saturated carbocycles. The second-order valence-corrected chi connectivity index (χ2v) is 9.25. The van der Waals surface area contributed by atoms with Crippen LogP contribution in [0.3, 0.4) is 0 Å². The standard InChI is InChI=1S/C24H30N6O2/c1-4-30-14-21(16(2)27-30)22(31)26-20-10-19-13-29(12-18-8-6-5-7-9-18)15-24(19,11-20)23-25-17(3)28-32-23/h5-9,14,19-20H,4,10-13,15H2,1-3H3,(H,26,31). The average Bonchev–Trinajstić information content (AvgIpc) is 3.51. The lowest BCUT2D eigenvalue weighted by molar-refractivity contribution is 0.0933. The lowest BCUT2D eigenvalue weighted by Gasteiger charge is -2.25. The van der Waals surface area contributed by atoms with E-state index < -0.39 is 0 Å². The van der Waals surface area contributed by atoms with Gasteiger partial charge in [-0.1, -0.05) is 35.5 Å². The molecule has 2 aliphatic rings. The molecule has 1 amide bonds. The zero-order chi connectivity index (χ0) is 22.3. The summed E-state index contributed by atoms with van der Waals surface area (Å²) in [6.45, 7) is 9.22. The quantitative estimate of drug-likeness (QED) is 0.642. The van der Waals surface area contributed by atoms with Gasteiger partial charge in [0.1, 0.15) is 0 Å². The SMILES string of the molecule is CCn1cc(C(=O)NC2CC3CN(Cc4ccccc4)CC3(c3nc(C)no3)C2)c(C)n1. The molecule has 1 N–H and O–H groups in total. The van der Waals surface area contributed by atoms with Crippen LogP contribution >= 0.6 is 0 Å². The van der Waals surface area contributed by atoms with E-state index in [4.69, 9.17) is 4.52 Å². The molecule has 1 aliphatic carbocycles. The minimum absolute atomic E-state index is 0.0508. The molecule has 8 heteroatoms. The van der Waals surface area contributed by atoms with Crippen LogP contribution < -0.4 is 5.32 Å². The van der Waals surface area contributed by atoms with Crippen LogP contribution in [-0.4, -0.2) is 49.9 Å². The Labute approximate surface area is 188 Å². The highest BCUT2D eigenvalue weighted by Gasteiger charge is 2.57. The molecule has 5 rings (SSSR count). The van der Waals surface area contributed by atoms with Crippen LogP contribution in [0.4, 0.5) is 0 Å². The van der Waals surface area contributed by atoms with Gasteiger partial charge in [0, 0.05) is 38.4 Å². The summed E-state index contributed by atoms with van der Waals surface area (Å²) in [7, 11) is 0. The van der Waals surface area contributed by atoms with Crippen molar-refractivity contribution in [3.05, 3.63) is 65.1 Å². The topological polar surface area (TPSA) is 89.1 Å². The summed E-state index contributed by atoms with van der Waals surface area (Å²) in [5, 5.41) is 11.8. The van der Waals surface area contributed by atoms with Crippen LogP contribution in [0, 0.1) is 19.8 Å². The van der Waals surface area contributed by atoms with Gasteiger partial charge >= 0.3 is 0 Å². The Hall–Kier alpha value is -3.00. The Morgan fingerprint density at radius 1 is 1.28 bits per heavy atom. The minimum Gasteiger partial charge on any atom is -0.349 e. The molecule has 0 radical (unpaired) electrons. The fourth-order valence-electron chi connectivity index (χ4n) is 5.54. The normalized spacial score (nSPS) is 25.2. The monoisotopic (exact) mass is 434 g/mol. The summed E-state index contributed by atoms with van der Waals surface area (Å²) in [6, 6.07) is 10.6. The molecule has 2 aromatic heterocycles. The number of hydrogen-bond acceptors (Lipinski definition) is 6. The third-order valence-corrected chi connectivity index (χ3v) is 7.00. The van der Waals surface area contributed by atoms with Crippen molar-refractivity contribution in [3.63, 3.8) is 0 Å². The zero-order valence-electron chi connectivity index (χ0n) is 18.9. The molecule has 2 fully saturated rings. The number of fused-ring (bicyclic) bond motifs is 1. The van der Waals surface area contributed by atoms with Crippen molar-refractivity contribution in [2.75, 3.05) is 13.1 Å². The fraction of sp³-hybridized carbons (Fsp3) is 0.500. The van der Waals surface area contributed by atoms with Crippen LogP contribution in [0.5, 0.6) is 0 Å². The lowest BCUT2D eigenvalue weighted by Crippen LogP contribution is -2.38. The van der Waals surface area contributed by atoms with Gasteiger partial charge in [0.15, 0.2) is 5.82 Å². The molecule has 1 saturated heterocycles. The fourth-order valence-corrected chi connectivity index (χ4v) is 5.54. The van der Waals surface area contributed by atoms with E-state index >= 15 is 0 Å². The highest BCUT2D eigenvalue weighted by Crippen LogP contribution is 2.50. The van der Waals surface area contributed by atoms with E-state index in [-0.39, 0.29) is 17.4 Å². The maximum Gasteiger partial charge on any atom is 0.254 e. The van der Waals surface area contributed by atoms with E-state index in [1.54, 1.807) is 4.68 Å². The van der Waals surface area contributed by atoms with Crippen molar-refractivity contribution in [3.8, 4) is 0 Å². The van der Waals surface area contributed by atoms with Crippen molar-refractivity contribution in [1.82, 2.24) is 30.1 Å². The molecule has 168 valence electrons. The summed E-state index contributed by atoms with van der Waals surface area (Å²) < 4.78 is 7.52. The number of aryl methyl sites for hydroxylation is 3.